The van der Waals surface area contributed by atoms with Gasteiger partial charge in [0.15, 0.2) is 0 Å². The number of hydrogen-bond acceptors (Lipinski definition) is 2. The topological polar surface area (TPSA) is 43.1 Å². The van der Waals surface area contributed by atoms with Crippen LogP contribution in [0.1, 0.15) is 25.3 Å². The van der Waals surface area contributed by atoms with Gasteiger partial charge in [0.05, 0.1) is 0 Å². The molecule has 4 heteroatoms. The Labute approximate surface area is 103 Å². The van der Waals surface area contributed by atoms with Crippen molar-refractivity contribution in [2.45, 2.75) is 32.2 Å². The molecule has 0 heterocycles. The molecule has 0 radical (unpaired) electrons. The molecule has 0 aromatic heterocycles. The van der Waals surface area contributed by atoms with Gasteiger partial charge in [0, 0.05) is 23.4 Å². The van der Waals surface area contributed by atoms with E-state index in [1.165, 1.54) is 6.07 Å². The zero-order valence-corrected chi connectivity index (χ0v) is 10.8. The van der Waals surface area contributed by atoms with Gasteiger partial charge >= 0.3 is 0 Å². The summed E-state index contributed by atoms with van der Waals surface area (Å²) >= 11 is 3.25. The summed E-state index contributed by atoms with van der Waals surface area (Å²) in [5.74, 6) is -0.313. The molecule has 0 amide bonds. The summed E-state index contributed by atoms with van der Waals surface area (Å²) in [5.41, 5.74) is 5.99. The molecular formula is C12H15BrFNO. The number of halogens is 2. The Bertz CT molecular complexity index is 379. The minimum absolute atomic E-state index is 0.0105. The smallest absolute Gasteiger partial charge is 0.137 e. The lowest BCUT2D eigenvalue weighted by Gasteiger charge is -2.05. The normalized spacial score (nSPS) is 12.5. The van der Waals surface area contributed by atoms with Crippen LogP contribution in [0, 0.1) is 5.82 Å². The molecule has 1 rings (SSSR count). The number of carbonyl (C=O) groups excluding carboxylic acids is 1. The van der Waals surface area contributed by atoms with Crippen molar-refractivity contribution in [2.75, 3.05) is 0 Å². The molecule has 2 nitrogen and oxygen atoms in total. The van der Waals surface area contributed by atoms with Gasteiger partial charge in [0.25, 0.3) is 0 Å². The zero-order chi connectivity index (χ0) is 12.1. The average molecular weight is 288 g/mol. The van der Waals surface area contributed by atoms with Crippen LogP contribution in [0.2, 0.25) is 0 Å². The summed E-state index contributed by atoms with van der Waals surface area (Å²) in [6.45, 7) is 1.85. The van der Waals surface area contributed by atoms with Crippen molar-refractivity contribution in [3.63, 3.8) is 0 Å². The van der Waals surface area contributed by atoms with Gasteiger partial charge in [-0.25, -0.2) is 4.39 Å². The lowest BCUT2D eigenvalue weighted by atomic mass is 10.0. The molecule has 0 spiro atoms. The highest BCUT2D eigenvalue weighted by Gasteiger charge is 2.09. The Morgan fingerprint density at radius 3 is 2.88 bits per heavy atom. The third-order valence-electron chi connectivity index (χ3n) is 2.27. The molecule has 2 N–H and O–H groups in total. The van der Waals surface area contributed by atoms with Gasteiger partial charge < -0.3 is 5.73 Å². The Kier molecular flexibility index (Phi) is 5.09. The van der Waals surface area contributed by atoms with E-state index in [1.807, 2.05) is 6.92 Å². The van der Waals surface area contributed by atoms with Crippen molar-refractivity contribution in [1.29, 1.82) is 0 Å². The number of ketones is 1. The van der Waals surface area contributed by atoms with Crippen molar-refractivity contribution in [2.24, 2.45) is 5.73 Å². The van der Waals surface area contributed by atoms with Crippen LogP contribution in [0.3, 0.4) is 0 Å². The molecule has 1 unspecified atom stereocenters. The summed E-state index contributed by atoms with van der Waals surface area (Å²) in [5, 5.41) is 0. The van der Waals surface area contributed by atoms with E-state index in [9.17, 15) is 9.18 Å². The molecule has 16 heavy (non-hydrogen) atoms. The van der Waals surface area contributed by atoms with Crippen LogP contribution in [0.4, 0.5) is 4.39 Å². The fourth-order valence-corrected chi connectivity index (χ4v) is 1.78. The minimum atomic E-state index is -0.336. The number of hydrogen-bond donors (Lipinski definition) is 1. The van der Waals surface area contributed by atoms with Gasteiger partial charge in [-0.2, -0.15) is 0 Å². The van der Waals surface area contributed by atoms with Crippen molar-refractivity contribution < 1.29 is 9.18 Å². The van der Waals surface area contributed by atoms with E-state index in [0.717, 1.165) is 4.47 Å². The predicted octanol–water partition coefficient (Wildman–Crippen LogP) is 2.83. The summed E-state index contributed by atoms with van der Waals surface area (Å²) in [7, 11) is 0. The maximum absolute atomic E-state index is 13.3. The van der Waals surface area contributed by atoms with E-state index >= 15 is 0 Å². The summed E-state index contributed by atoms with van der Waals surface area (Å²) in [6.07, 6.45) is 1.19. The van der Waals surface area contributed by atoms with Gasteiger partial charge in [0.2, 0.25) is 0 Å². The van der Waals surface area contributed by atoms with E-state index in [0.29, 0.717) is 18.4 Å². The molecule has 0 bridgehead atoms. The molecule has 1 atom stereocenters. The predicted molar refractivity (Wildman–Crippen MR) is 65.7 cm³/mol. The first-order valence-electron chi connectivity index (χ1n) is 5.20. The fourth-order valence-electron chi connectivity index (χ4n) is 1.37. The van der Waals surface area contributed by atoms with Crippen LogP contribution >= 0.6 is 15.9 Å². The number of nitrogens with two attached hydrogens (primary N) is 1. The lowest BCUT2D eigenvalue weighted by Crippen LogP contribution is -2.17. The first kappa shape index (κ1) is 13.3. The molecule has 0 aliphatic carbocycles. The molecule has 0 aliphatic rings. The Morgan fingerprint density at radius 1 is 1.56 bits per heavy atom. The van der Waals surface area contributed by atoms with Crippen molar-refractivity contribution in [1.82, 2.24) is 0 Å². The molecule has 88 valence electrons. The van der Waals surface area contributed by atoms with E-state index in [4.69, 9.17) is 5.73 Å². The molecule has 1 aromatic rings. The monoisotopic (exact) mass is 287 g/mol. The van der Waals surface area contributed by atoms with Crippen LogP contribution in [0.25, 0.3) is 0 Å². The Morgan fingerprint density at radius 2 is 2.25 bits per heavy atom. The van der Waals surface area contributed by atoms with Crippen molar-refractivity contribution >= 4 is 21.7 Å². The molecule has 0 aliphatic heterocycles. The maximum Gasteiger partial charge on any atom is 0.137 e. The van der Waals surface area contributed by atoms with Gasteiger partial charge in [-0.1, -0.05) is 15.9 Å². The lowest BCUT2D eigenvalue weighted by molar-refractivity contribution is -0.118. The second-order valence-electron chi connectivity index (χ2n) is 3.97. The number of benzene rings is 1. The van der Waals surface area contributed by atoms with Gasteiger partial charge in [0.1, 0.15) is 11.6 Å². The fraction of sp³-hybridized carbons (Fsp3) is 0.417. The van der Waals surface area contributed by atoms with E-state index < -0.39 is 0 Å². The van der Waals surface area contributed by atoms with Crippen LogP contribution in [0.5, 0.6) is 0 Å². The highest BCUT2D eigenvalue weighted by Crippen LogP contribution is 2.16. The molecule has 0 saturated heterocycles. The second kappa shape index (κ2) is 6.11. The second-order valence-corrected chi connectivity index (χ2v) is 4.88. The number of rotatable bonds is 5. The van der Waals surface area contributed by atoms with Gasteiger partial charge in [-0.15, -0.1) is 0 Å². The van der Waals surface area contributed by atoms with Crippen LogP contribution in [-0.4, -0.2) is 11.8 Å². The first-order chi connectivity index (χ1) is 7.49. The quantitative estimate of drug-likeness (QED) is 0.905. The summed E-state index contributed by atoms with van der Waals surface area (Å²) in [4.78, 5) is 11.5. The van der Waals surface area contributed by atoms with E-state index in [2.05, 4.69) is 15.9 Å². The van der Waals surface area contributed by atoms with Crippen LogP contribution < -0.4 is 5.73 Å². The minimum Gasteiger partial charge on any atom is -0.328 e. The number of Topliss-reactive ketones (excluding diaryl/α,β-unsaturated/α-hetero) is 1. The third-order valence-corrected chi connectivity index (χ3v) is 2.77. The molecule has 0 fully saturated rings. The maximum atomic E-state index is 13.3. The SMILES string of the molecule is CC(N)CCC(=O)Cc1cc(Br)ccc1F. The van der Waals surface area contributed by atoms with E-state index in [-0.39, 0.29) is 24.1 Å². The van der Waals surface area contributed by atoms with Crippen molar-refractivity contribution in [3.05, 3.63) is 34.1 Å². The average Bonchev–Trinajstić information content (AvgIpc) is 2.20. The summed E-state index contributed by atoms with van der Waals surface area (Å²) in [6, 6.07) is 4.62. The first-order valence-corrected chi connectivity index (χ1v) is 5.99. The van der Waals surface area contributed by atoms with Crippen LogP contribution in [0.15, 0.2) is 22.7 Å². The largest absolute Gasteiger partial charge is 0.328 e. The molecule has 0 saturated carbocycles. The molecule has 1 aromatic carbocycles. The van der Waals surface area contributed by atoms with Gasteiger partial charge in [-0.3, -0.25) is 4.79 Å². The molecular weight excluding hydrogens is 273 g/mol. The van der Waals surface area contributed by atoms with E-state index in [1.54, 1.807) is 12.1 Å². The van der Waals surface area contributed by atoms with Gasteiger partial charge in [-0.05, 0) is 37.1 Å². The standard InChI is InChI=1S/C12H15BrFNO/c1-8(15)2-4-11(16)7-9-6-10(13)3-5-12(9)14/h3,5-6,8H,2,4,7,15H2,1H3. The summed E-state index contributed by atoms with van der Waals surface area (Å²) < 4.78 is 14.1. The highest BCUT2D eigenvalue weighted by molar-refractivity contribution is 9.10. The Balaban J connectivity index is 2.59. The van der Waals surface area contributed by atoms with Crippen LogP contribution in [-0.2, 0) is 11.2 Å². The Hall–Kier alpha value is -0.740. The number of carbonyl (C=O) groups is 1. The zero-order valence-electron chi connectivity index (χ0n) is 9.17. The third kappa shape index (κ3) is 4.41. The highest BCUT2D eigenvalue weighted by atomic mass is 79.9. The van der Waals surface area contributed by atoms with Crippen molar-refractivity contribution in [3.8, 4) is 0 Å².